The summed E-state index contributed by atoms with van der Waals surface area (Å²) < 4.78 is 24.5. The van der Waals surface area contributed by atoms with Gasteiger partial charge in [0.15, 0.2) is 4.73 Å². The first-order valence-corrected chi connectivity index (χ1v) is 18.3. The maximum Gasteiger partial charge on any atom is 0.302 e. The fourth-order valence-corrected chi connectivity index (χ4v) is 15.4. The first kappa shape index (κ1) is 36.6. The Kier molecular flexibility index (Phi) is 15.0. The van der Waals surface area contributed by atoms with E-state index < -0.39 is 13.9 Å². The van der Waals surface area contributed by atoms with Crippen LogP contribution in [0.3, 0.4) is 0 Å². The van der Waals surface area contributed by atoms with Crippen molar-refractivity contribution in [1.29, 1.82) is 0 Å². The Morgan fingerprint density at radius 2 is 0.750 bits per heavy atom. The normalized spacial score (nSPS) is 14.2. The highest BCUT2D eigenvalue weighted by Crippen LogP contribution is 2.59. The maximum absolute atomic E-state index is 15.1. The second kappa shape index (κ2) is 14.8. The predicted octanol–water partition coefficient (Wildman–Crippen LogP) is 7.26. The average Bonchev–Trinajstić information content (AvgIpc) is 2.63. The van der Waals surface area contributed by atoms with Gasteiger partial charge >= 0.3 is 7.59 Å². The van der Waals surface area contributed by atoms with E-state index in [2.05, 4.69) is 140 Å². The standard InChI is InChI=1S/C25H58N6OP2S2/c1-17(2)28(18(3)4)33(36,29(19(5)6)20(7)8)25(35)26-27-34(32,30(21(9)10)22(11)12)31(23(13)14)24(15)16/h17-24H,1-16H3,(H,26,35)(H,27,32). The lowest BCUT2D eigenvalue weighted by molar-refractivity contribution is 0.217. The zero-order chi connectivity index (χ0) is 28.9. The summed E-state index contributed by atoms with van der Waals surface area (Å²) in [5.41, 5.74) is 3.32. The summed E-state index contributed by atoms with van der Waals surface area (Å²) in [6.45, 7) is 34.2. The van der Waals surface area contributed by atoms with Crippen molar-refractivity contribution in [3.8, 4) is 0 Å². The quantitative estimate of drug-likeness (QED) is 0.118. The number of hydrazine groups is 1. The molecule has 0 heterocycles. The molecule has 0 aromatic heterocycles. The number of hydrogen-bond donors (Lipinski definition) is 2. The van der Waals surface area contributed by atoms with Crippen LogP contribution in [-0.4, -0.2) is 71.7 Å². The van der Waals surface area contributed by atoms with Crippen LogP contribution in [0.5, 0.6) is 0 Å². The van der Waals surface area contributed by atoms with Gasteiger partial charge in [-0.05, 0) is 111 Å². The van der Waals surface area contributed by atoms with Gasteiger partial charge in [0, 0.05) is 48.3 Å². The topological polar surface area (TPSA) is 54.1 Å². The van der Waals surface area contributed by atoms with E-state index in [-0.39, 0.29) is 48.3 Å². The second-order valence-corrected chi connectivity index (χ2v) is 18.8. The Bertz CT molecular complexity index is 707. The molecule has 11 heteroatoms. The average molecular weight is 585 g/mol. The van der Waals surface area contributed by atoms with Crippen molar-refractivity contribution in [2.45, 2.75) is 159 Å². The molecule has 2 N–H and O–H groups in total. The van der Waals surface area contributed by atoms with Gasteiger partial charge in [-0.15, -0.1) is 0 Å². The van der Waals surface area contributed by atoms with Crippen LogP contribution in [0.15, 0.2) is 0 Å². The van der Waals surface area contributed by atoms with E-state index in [9.17, 15) is 0 Å². The summed E-state index contributed by atoms with van der Waals surface area (Å²) in [6.07, 6.45) is -2.60. The fraction of sp³-hybridized carbons (Fsp3) is 0.960. The molecule has 0 aliphatic rings. The van der Waals surface area contributed by atoms with E-state index in [4.69, 9.17) is 24.0 Å². The lowest BCUT2D eigenvalue weighted by Gasteiger charge is -2.51. The zero-order valence-electron chi connectivity index (χ0n) is 26.0. The molecule has 0 saturated heterocycles. The summed E-state index contributed by atoms with van der Waals surface area (Å²) in [4.78, 5) is 0. The van der Waals surface area contributed by atoms with E-state index >= 15 is 4.57 Å². The van der Waals surface area contributed by atoms with Crippen molar-refractivity contribution in [2.24, 2.45) is 0 Å². The highest BCUT2D eigenvalue weighted by molar-refractivity contribution is 8.25. The third-order valence-electron chi connectivity index (χ3n) is 6.06. The van der Waals surface area contributed by atoms with Crippen molar-refractivity contribution in [3.05, 3.63) is 0 Å². The second-order valence-electron chi connectivity index (χ2n) is 11.9. The van der Waals surface area contributed by atoms with Crippen LogP contribution in [0.4, 0.5) is 0 Å². The minimum absolute atomic E-state index is 0.0624. The number of hydrogen-bond acceptors (Lipinski definition) is 3. The molecule has 0 radical (unpaired) electrons. The van der Waals surface area contributed by atoms with E-state index in [0.717, 1.165) is 0 Å². The largest absolute Gasteiger partial charge is 0.302 e. The molecule has 216 valence electrons. The van der Waals surface area contributed by atoms with Gasteiger partial charge in [-0.25, -0.2) is 9.34 Å². The highest BCUT2D eigenvalue weighted by atomic mass is 32.4. The molecule has 0 aromatic rings. The van der Waals surface area contributed by atoms with E-state index in [0.29, 0.717) is 4.73 Å². The maximum atomic E-state index is 15.1. The molecule has 0 bridgehead atoms. The molecule has 0 aliphatic carbocycles. The lowest BCUT2D eigenvalue weighted by Crippen LogP contribution is -2.54. The van der Waals surface area contributed by atoms with Crippen LogP contribution in [0.25, 0.3) is 0 Å². The van der Waals surface area contributed by atoms with Crippen LogP contribution < -0.4 is 10.6 Å². The van der Waals surface area contributed by atoms with Gasteiger partial charge in [0.1, 0.15) is 6.34 Å². The summed E-state index contributed by atoms with van der Waals surface area (Å²) >= 11 is 12.8. The van der Waals surface area contributed by atoms with Gasteiger partial charge < -0.3 is 5.43 Å². The highest BCUT2D eigenvalue weighted by Gasteiger charge is 2.46. The van der Waals surface area contributed by atoms with E-state index in [1.165, 1.54) is 0 Å². The molecule has 0 atom stereocenters. The van der Waals surface area contributed by atoms with Gasteiger partial charge in [-0.3, -0.25) is 13.9 Å². The third kappa shape index (κ3) is 8.29. The van der Waals surface area contributed by atoms with Crippen LogP contribution >= 0.6 is 26.2 Å². The minimum Gasteiger partial charge on any atom is -0.301 e. The molecule has 0 saturated carbocycles. The molecule has 7 nitrogen and oxygen atoms in total. The number of rotatable bonds is 15. The zero-order valence-corrected chi connectivity index (χ0v) is 29.4. The van der Waals surface area contributed by atoms with Gasteiger partial charge in [-0.1, -0.05) is 24.0 Å². The van der Waals surface area contributed by atoms with Crippen molar-refractivity contribution >= 4 is 42.7 Å². The Hall–Kier alpha value is 0.570. The van der Waals surface area contributed by atoms with E-state index in [1.807, 2.05) is 0 Å². The lowest BCUT2D eigenvalue weighted by atomic mass is 10.3. The number of nitrogens with zero attached hydrogens (tertiary/aromatic N) is 4. The summed E-state index contributed by atoms with van der Waals surface area (Å²) in [6, 6.07) is 1.06. The van der Waals surface area contributed by atoms with Crippen molar-refractivity contribution in [2.75, 3.05) is 0 Å². The molecular weight excluding hydrogens is 526 g/mol. The van der Waals surface area contributed by atoms with Crippen LogP contribution in [0, 0.1) is 0 Å². The van der Waals surface area contributed by atoms with Crippen LogP contribution in [0.1, 0.15) is 111 Å². The molecule has 0 amide bonds. The fourth-order valence-electron chi connectivity index (χ4n) is 5.65. The minimum atomic E-state index is -3.29. The molecule has 0 spiro atoms. The molecule has 0 aliphatic heterocycles. The first-order chi connectivity index (χ1) is 16.2. The van der Waals surface area contributed by atoms with Crippen molar-refractivity contribution < 1.29 is 4.57 Å². The summed E-state index contributed by atoms with van der Waals surface area (Å²) in [5, 5.41) is 3.32. The van der Waals surface area contributed by atoms with Crippen molar-refractivity contribution in [3.63, 3.8) is 0 Å². The summed E-state index contributed by atoms with van der Waals surface area (Å²) in [5.74, 6) is 0. The van der Waals surface area contributed by atoms with Gasteiger partial charge in [0.05, 0.1) is 0 Å². The Labute approximate surface area is 235 Å². The van der Waals surface area contributed by atoms with Gasteiger partial charge in [0.2, 0.25) is 0 Å². The first-order valence-electron chi connectivity index (χ1n) is 13.6. The van der Waals surface area contributed by atoms with E-state index in [1.54, 1.807) is 0 Å². The smallest absolute Gasteiger partial charge is 0.301 e. The van der Waals surface area contributed by atoms with Gasteiger partial charge in [-0.2, -0.15) is 5.20 Å². The third-order valence-corrected chi connectivity index (χ3v) is 16.2. The monoisotopic (exact) mass is 584 g/mol. The van der Waals surface area contributed by atoms with Crippen LogP contribution in [0.2, 0.25) is 0 Å². The molecular formula is C25H58N6OP2S2. The Morgan fingerprint density at radius 3 is 0.944 bits per heavy atom. The number of nitrogens with one attached hydrogen (secondary N) is 2. The van der Waals surface area contributed by atoms with Crippen LogP contribution in [-0.2, 0) is 16.4 Å². The Morgan fingerprint density at radius 1 is 0.528 bits per heavy atom. The molecule has 0 rings (SSSR count). The molecule has 0 unspecified atom stereocenters. The molecule has 0 fully saturated rings. The van der Waals surface area contributed by atoms with Gasteiger partial charge in [0.25, 0.3) is 0 Å². The Balaban J connectivity index is 6.89. The SMILES string of the molecule is CC(C)N(C(C)C)P(=O)(NNC(=S)P(=S)(N(C(C)C)C(C)C)N(C(C)C)C(C)C)N(C(C)C)C(C)C. The number of thiocarbonyl (C=S) groups is 1. The summed E-state index contributed by atoms with van der Waals surface area (Å²) in [7, 11) is -3.29. The molecule has 0 aromatic carbocycles. The predicted molar refractivity (Wildman–Crippen MR) is 169 cm³/mol. The van der Waals surface area contributed by atoms with Crippen molar-refractivity contribution in [1.82, 2.24) is 29.3 Å². The molecule has 36 heavy (non-hydrogen) atoms.